The number of nitrogens with one attached hydrogen (secondary N) is 1. The average Bonchev–Trinajstić information content (AvgIpc) is 2.45. The van der Waals surface area contributed by atoms with Crippen molar-refractivity contribution in [3.8, 4) is 0 Å². The van der Waals surface area contributed by atoms with Crippen LogP contribution in [0.3, 0.4) is 0 Å². The molecule has 0 aliphatic carbocycles. The van der Waals surface area contributed by atoms with E-state index in [0.717, 1.165) is 0 Å². The first kappa shape index (κ1) is 13.3. The van der Waals surface area contributed by atoms with Crippen LogP contribution in [0.4, 0.5) is 25.8 Å². The van der Waals surface area contributed by atoms with Crippen LogP contribution < -0.4 is 11.1 Å². The van der Waals surface area contributed by atoms with Crippen molar-refractivity contribution in [2.75, 3.05) is 11.1 Å². The van der Waals surface area contributed by atoms with Crippen molar-refractivity contribution in [2.45, 2.75) is 6.92 Å². The van der Waals surface area contributed by atoms with Gasteiger partial charge in [0.05, 0.1) is 5.52 Å². The van der Waals surface area contributed by atoms with Crippen LogP contribution in [0.25, 0.3) is 10.9 Å². The molecule has 0 atom stereocenters. The molecule has 1 aromatic heterocycles. The number of nitrogen functional groups attached to an aromatic ring is 1. The van der Waals surface area contributed by atoms with Gasteiger partial charge in [-0.25, -0.2) is 8.78 Å². The number of rotatable bonds is 2. The van der Waals surface area contributed by atoms with E-state index >= 15 is 0 Å². The molecule has 0 saturated heterocycles. The van der Waals surface area contributed by atoms with Gasteiger partial charge in [0.15, 0.2) is 5.82 Å². The van der Waals surface area contributed by atoms with Gasteiger partial charge < -0.3 is 11.1 Å². The van der Waals surface area contributed by atoms with E-state index in [-0.39, 0.29) is 11.5 Å². The molecule has 2 aromatic carbocycles. The lowest BCUT2D eigenvalue weighted by Gasteiger charge is -2.13. The highest BCUT2D eigenvalue weighted by atomic mass is 19.1. The Morgan fingerprint density at radius 2 is 1.95 bits per heavy atom. The molecule has 0 aliphatic heterocycles. The highest BCUT2D eigenvalue weighted by molar-refractivity contribution is 5.99. The molecule has 106 valence electrons. The standard InChI is InChI=1S/C16H13F2N3/c1-9-7-10(17)4-5-14(9)21-16-12(18)8-13(19)11-3-2-6-20-15(11)16/h2-8,21H,19H2,1H3. The second-order valence-electron chi connectivity index (χ2n) is 4.81. The fourth-order valence-corrected chi connectivity index (χ4v) is 2.26. The highest BCUT2D eigenvalue weighted by Crippen LogP contribution is 2.32. The number of nitrogens with two attached hydrogens (primary N) is 1. The number of hydrogen-bond donors (Lipinski definition) is 2. The van der Waals surface area contributed by atoms with Gasteiger partial charge in [0.1, 0.15) is 11.5 Å². The third-order valence-electron chi connectivity index (χ3n) is 3.32. The largest absolute Gasteiger partial charge is 0.398 e. The zero-order valence-corrected chi connectivity index (χ0v) is 11.3. The van der Waals surface area contributed by atoms with Crippen LogP contribution in [-0.4, -0.2) is 4.98 Å². The number of fused-ring (bicyclic) bond motifs is 1. The monoisotopic (exact) mass is 285 g/mol. The normalized spacial score (nSPS) is 10.8. The Bertz CT molecular complexity index is 831. The molecule has 0 amide bonds. The first-order valence-corrected chi connectivity index (χ1v) is 6.42. The number of pyridine rings is 1. The molecule has 0 spiro atoms. The summed E-state index contributed by atoms with van der Waals surface area (Å²) < 4.78 is 27.4. The van der Waals surface area contributed by atoms with Gasteiger partial charge in [-0.15, -0.1) is 0 Å². The van der Waals surface area contributed by atoms with Gasteiger partial charge in [-0.3, -0.25) is 4.98 Å². The van der Waals surface area contributed by atoms with Crippen LogP contribution >= 0.6 is 0 Å². The van der Waals surface area contributed by atoms with E-state index in [0.29, 0.717) is 27.8 Å². The molecule has 0 saturated carbocycles. The molecular formula is C16H13F2N3. The summed E-state index contributed by atoms with van der Waals surface area (Å²) in [6.45, 7) is 1.75. The fraction of sp³-hybridized carbons (Fsp3) is 0.0625. The Kier molecular flexibility index (Phi) is 3.17. The number of aromatic nitrogens is 1. The third kappa shape index (κ3) is 2.38. The second kappa shape index (κ2) is 5.01. The summed E-state index contributed by atoms with van der Waals surface area (Å²) in [5.74, 6) is -0.832. The first-order chi connectivity index (χ1) is 10.1. The van der Waals surface area contributed by atoms with Crippen LogP contribution in [0, 0.1) is 18.6 Å². The molecule has 5 heteroatoms. The predicted molar refractivity (Wildman–Crippen MR) is 80.5 cm³/mol. The molecule has 0 unspecified atom stereocenters. The number of hydrogen-bond acceptors (Lipinski definition) is 3. The van der Waals surface area contributed by atoms with Crippen molar-refractivity contribution >= 4 is 28.0 Å². The van der Waals surface area contributed by atoms with Crippen LogP contribution in [0.1, 0.15) is 5.56 Å². The van der Waals surface area contributed by atoms with Gasteiger partial charge >= 0.3 is 0 Å². The zero-order chi connectivity index (χ0) is 15.0. The molecule has 21 heavy (non-hydrogen) atoms. The maximum absolute atomic E-state index is 14.2. The summed E-state index contributed by atoms with van der Waals surface area (Å²) >= 11 is 0. The molecule has 3 rings (SSSR count). The number of aryl methyl sites for hydroxylation is 1. The topological polar surface area (TPSA) is 50.9 Å². The van der Waals surface area contributed by atoms with Crippen LogP contribution in [-0.2, 0) is 0 Å². The van der Waals surface area contributed by atoms with Crippen LogP contribution in [0.15, 0.2) is 42.6 Å². The average molecular weight is 285 g/mol. The van der Waals surface area contributed by atoms with E-state index in [1.165, 1.54) is 18.2 Å². The Labute approximate surface area is 120 Å². The first-order valence-electron chi connectivity index (χ1n) is 6.42. The molecule has 0 aliphatic rings. The van der Waals surface area contributed by atoms with E-state index in [9.17, 15) is 8.78 Å². The lowest BCUT2D eigenvalue weighted by molar-refractivity contribution is 0.626. The smallest absolute Gasteiger partial charge is 0.150 e. The maximum Gasteiger partial charge on any atom is 0.150 e. The lowest BCUT2D eigenvalue weighted by Crippen LogP contribution is -2.01. The Morgan fingerprint density at radius 1 is 1.14 bits per heavy atom. The fourth-order valence-electron chi connectivity index (χ4n) is 2.26. The van der Waals surface area contributed by atoms with Gasteiger partial charge in [-0.1, -0.05) is 0 Å². The third-order valence-corrected chi connectivity index (χ3v) is 3.32. The molecule has 3 N–H and O–H groups in total. The van der Waals surface area contributed by atoms with Crippen molar-refractivity contribution in [1.82, 2.24) is 4.98 Å². The van der Waals surface area contributed by atoms with Gasteiger partial charge in [-0.05, 0) is 48.9 Å². The van der Waals surface area contributed by atoms with Gasteiger partial charge in [0.25, 0.3) is 0 Å². The lowest BCUT2D eigenvalue weighted by atomic mass is 10.1. The summed E-state index contributed by atoms with van der Waals surface area (Å²) in [7, 11) is 0. The van der Waals surface area contributed by atoms with Gasteiger partial charge in [0, 0.05) is 23.0 Å². The Balaban J connectivity index is 2.16. The molecule has 0 radical (unpaired) electrons. The minimum absolute atomic E-state index is 0.231. The van der Waals surface area contributed by atoms with Gasteiger partial charge in [-0.2, -0.15) is 0 Å². The molecule has 3 aromatic rings. The summed E-state index contributed by atoms with van der Waals surface area (Å²) in [6.07, 6.45) is 1.57. The summed E-state index contributed by atoms with van der Waals surface area (Å²) in [4.78, 5) is 4.19. The SMILES string of the molecule is Cc1cc(F)ccc1Nc1c(F)cc(N)c2cccnc12. The van der Waals surface area contributed by atoms with E-state index in [1.54, 1.807) is 31.3 Å². The molecule has 1 heterocycles. The highest BCUT2D eigenvalue weighted by Gasteiger charge is 2.13. The molecule has 0 fully saturated rings. The second-order valence-corrected chi connectivity index (χ2v) is 4.81. The number of halogens is 2. The van der Waals surface area contributed by atoms with Crippen molar-refractivity contribution in [1.29, 1.82) is 0 Å². The van der Waals surface area contributed by atoms with Crippen molar-refractivity contribution < 1.29 is 8.78 Å². The van der Waals surface area contributed by atoms with E-state index < -0.39 is 5.82 Å². The summed E-state index contributed by atoms with van der Waals surface area (Å²) in [6, 6.07) is 9.04. The number of benzene rings is 2. The molecular weight excluding hydrogens is 272 g/mol. The summed E-state index contributed by atoms with van der Waals surface area (Å²) in [5, 5.41) is 3.65. The summed E-state index contributed by atoms with van der Waals surface area (Å²) in [5.41, 5.74) is 8.11. The zero-order valence-electron chi connectivity index (χ0n) is 11.3. The minimum Gasteiger partial charge on any atom is -0.398 e. The van der Waals surface area contributed by atoms with Crippen molar-refractivity contribution in [2.24, 2.45) is 0 Å². The predicted octanol–water partition coefficient (Wildman–Crippen LogP) is 4.15. The number of nitrogens with zero attached hydrogens (tertiary/aromatic N) is 1. The van der Waals surface area contributed by atoms with Crippen molar-refractivity contribution in [3.63, 3.8) is 0 Å². The van der Waals surface area contributed by atoms with E-state index in [2.05, 4.69) is 10.3 Å². The van der Waals surface area contributed by atoms with Crippen LogP contribution in [0.5, 0.6) is 0 Å². The quantitative estimate of drug-likeness (QED) is 0.695. The van der Waals surface area contributed by atoms with E-state index in [4.69, 9.17) is 5.73 Å². The van der Waals surface area contributed by atoms with Gasteiger partial charge in [0.2, 0.25) is 0 Å². The molecule has 3 nitrogen and oxygen atoms in total. The van der Waals surface area contributed by atoms with Crippen LogP contribution in [0.2, 0.25) is 0 Å². The minimum atomic E-state index is -0.498. The number of anilines is 3. The Hall–Kier alpha value is -2.69. The van der Waals surface area contributed by atoms with E-state index in [1.807, 2.05) is 0 Å². The van der Waals surface area contributed by atoms with Crippen molar-refractivity contribution in [3.05, 3.63) is 59.8 Å². The maximum atomic E-state index is 14.2. The molecule has 0 bridgehead atoms. The Morgan fingerprint density at radius 3 is 2.71 bits per heavy atom.